The normalized spacial score (nSPS) is 16.6. The van der Waals surface area contributed by atoms with E-state index in [1.165, 1.54) is 0 Å². The lowest BCUT2D eigenvalue weighted by Gasteiger charge is -2.36. The van der Waals surface area contributed by atoms with Gasteiger partial charge >= 0.3 is 0 Å². The molecule has 1 unspecified atom stereocenters. The van der Waals surface area contributed by atoms with Crippen molar-refractivity contribution < 1.29 is 18.8 Å². The summed E-state index contributed by atoms with van der Waals surface area (Å²) in [5.74, 6) is 2.36. The lowest BCUT2D eigenvalue weighted by atomic mass is 10.2. The summed E-state index contributed by atoms with van der Waals surface area (Å²) in [5.41, 5.74) is 1.97. The first-order valence-electron chi connectivity index (χ1n) is 11.9. The molecule has 0 bridgehead atoms. The highest BCUT2D eigenvalue weighted by molar-refractivity contribution is 5.92. The third-order valence-corrected chi connectivity index (χ3v) is 6.48. The van der Waals surface area contributed by atoms with Crippen LogP contribution in [-0.2, 0) is 0 Å². The van der Waals surface area contributed by atoms with E-state index < -0.39 is 0 Å². The van der Waals surface area contributed by atoms with Crippen LogP contribution in [0.1, 0.15) is 29.3 Å². The van der Waals surface area contributed by atoms with Gasteiger partial charge in [-0.2, -0.15) is 4.98 Å². The molecule has 2 aliphatic rings. The number of hydrogen-bond donors (Lipinski definition) is 0. The SMILES string of the molecule is CC(c1nc(-c2ccccc2)no1)N1CCN(C(=O)c2cn(-c3ccc4c(c3)OCCO4)nn2)CC1. The molecule has 0 saturated carbocycles. The summed E-state index contributed by atoms with van der Waals surface area (Å²) in [6, 6.07) is 15.2. The minimum absolute atomic E-state index is 0.0525. The smallest absolute Gasteiger partial charge is 0.276 e. The highest BCUT2D eigenvalue weighted by Gasteiger charge is 2.29. The Bertz CT molecular complexity index is 1360. The molecule has 4 heterocycles. The summed E-state index contributed by atoms with van der Waals surface area (Å²) in [6.07, 6.45) is 1.65. The molecule has 6 rings (SSSR count). The summed E-state index contributed by atoms with van der Waals surface area (Å²) >= 11 is 0. The highest BCUT2D eigenvalue weighted by atomic mass is 16.6. The predicted octanol–water partition coefficient (Wildman–Crippen LogP) is 2.61. The quantitative estimate of drug-likeness (QED) is 0.419. The van der Waals surface area contributed by atoms with Crippen molar-refractivity contribution in [1.82, 2.24) is 34.9 Å². The fraction of sp³-hybridized carbons (Fsp3) is 0.320. The van der Waals surface area contributed by atoms with E-state index >= 15 is 0 Å². The Balaban J connectivity index is 1.08. The molecule has 1 amide bonds. The molecule has 0 spiro atoms. The predicted molar refractivity (Wildman–Crippen MR) is 128 cm³/mol. The Hall–Kier alpha value is -4.25. The molecule has 2 aliphatic heterocycles. The van der Waals surface area contributed by atoms with Gasteiger partial charge in [0.15, 0.2) is 17.2 Å². The molecule has 11 heteroatoms. The molecule has 4 aromatic rings. The first-order valence-corrected chi connectivity index (χ1v) is 11.9. The van der Waals surface area contributed by atoms with Gasteiger partial charge in [0.25, 0.3) is 5.91 Å². The van der Waals surface area contributed by atoms with Crippen LogP contribution < -0.4 is 9.47 Å². The summed E-state index contributed by atoms with van der Waals surface area (Å²) in [7, 11) is 0. The van der Waals surface area contributed by atoms with E-state index in [2.05, 4.69) is 25.4 Å². The van der Waals surface area contributed by atoms with Crippen molar-refractivity contribution in [3.05, 3.63) is 66.3 Å². The Morgan fingerprint density at radius 1 is 0.972 bits per heavy atom. The first kappa shape index (κ1) is 22.2. The molecule has 1 atom stereocenters. The number of amides is 1. The van der Waals surface area contributed by atoms with Crippen LogP contribution in [0.5, 0.6) is 11.5 Å². The van der Waals surface area contributed by atoms with Gasteiger partial charge < -0.3 is 18.9 Å². The lowest BCUT2D eigenvalue weighted by molar-refractivity contribution is 0.0546. The zero-order valence-corrected chi connectivity index (χ0v) is 19.8. The maximum atomic E-state index is 13.1. The van der Waals surface area contributed by atoms with E-state index in [0.717, 1.165) is 11.3 Å². The molecular weight excluding hydrogens is 462 g/mol. The molecule has 11 nitrogen and oxygen atoms in total. The van der Waals surface area contributed by atoms with E-state index in [0.29, 0.717) is 68.3 Å². The van der Waals surface area contributed by atoms with Gasteiger partial charge in [0.1, 0.15) is 13.2 Å². The number of piperazine rings is 1. The summed E-state index contributed by atoms with van der Waals surface area (Å²) in [6.45, 7) is 5.59. The highest BCUT2D eigenvalue weighted by Crippen LogP contribution is 2.32. The minimum Gasteiger partial charge on any atom is -0.486 e. The monoisotopic (exact) mass is 487 g/mol. The van der Waals surface area contributed by atoms with Crippen LogP contribution >= 0.6 is 0 Å². The van der Waals surface area contributed by atoms with E-state index in [4.69, 9.17) is 14.0 Å². The average molecular weight is 488 g/mol. The molecule has 1 fully saturated rings. The zero-order chi connectivity index (χ0) is 24.5. The topological polar surface area (TPSA) is 112 Å². The third-order valence-electron chi connectivity index (χ3n) is 6.48. The van der Waals surface area contributed by atoms with Gasteiger partial charge in [-0.25, -0.2) is 4.68 Å². The van der Waals surface area contributed by atoms with Gasteiger partial charge in [0, 0.05) is 37.8 Å². The molecule has 184 valence electrons. The largest absolute Gasteiger partial charge is 0.486 e. The van der Waals surface area contributed by atoms with Crippen LogP contribution in [0.3, 0.4) is 0 Å². The molecule has 2 aromatic carbocycles. The van der Waals surface area contributed by atoms with Gasteiger partial charge in [0.05, 0.1) is 17.9 Å². The van der Waals surface area contributed by atoms with Crippen molar-refractivity contribution in [3.63, 3.8) is 0 Å². The van der Waals surface area contributed by atoms with Gasteiger partial charge in [-0.15, -0.1) is 5.10 Å². The molecule has 0 N–H and O–H groups in total. The lowest BCUT2D eigenvalue weighted by Crippen LogP contribution is -2.49. The van der Waals surface area contributed by atoms with E-state index in [1.54, 1.807) is 15.8 Å². The number of fused-ring (bicyclic) bond motifs is 1. The van der Waals surface area contributed by atoms with Crippen LogP contribution in [0.2, 0.25) is 0 Å². The molecule has 1 saturated heterocycles. The maximum Gasteiger partial charge on any atom is 0.276 e. The van der Waals surface area contributed by atoms with Crippen molar-refractivity contribution >= 4 is 5.91 Å². The number of carbonyl (C=O) groups is 1. The van der Waals surface area contributed by atoms with Gasteiger partial charge in [-0.3, -0.25) is 9.69 Å². The maximum absolute atomic E-state index is 13.1. The van der Waals surface area contributed by atoms with E-state index in [-0.39, 0.29) is 11.9 Å². The van der Waals surface area contributed by atoms with E-state index in [1.807, 2.05) is 55.5 Å². The van der Waals surface area contributed by atoms with Crippen molar-refractivity contribution in [2.24, 2.45) is 0 Å². The number of aromatic nitrogens is 5. The van der Waals surface area contributed by atoms with Crippen LogP contribution in [0.25, 0.3) is 17.1 Å². The average Bonchev–Trinajstić information content (AvgIpc) is 3.64. The number of carbonyl (C=O) groups excluding carboxylic acids is 1. The van der Waals surface area contributed by atoms with E-state index in [9.17, 15) is 4.79 Å². The van der Waals surface area contributed by atoms with Crippen molar-refractivity contribution in [2.75, 3.05) is 39.4 Å². The second-order valence-corrected chi connectivity index (χ2v) is 8.70. The standard InChI is InChI=1S/C25H25N7O4/c1-17(24-26-23(28-36-24)18-5-3-2-4-6-18)30-9-11-31(12-10-30)25(33)20-16-32(29-27-20)19-7-8-21-22(15-19)35-14-13-34-21/h2-8,15-17H,9-14H2,1H3. The number of nitrogens with zero attached hydrogens (tertiary/aromatic N) is 7. The summed E-state index contributed by atoms with van der Waals surface area (Å²) in [4.78, 5) is 21.7. The first-order chi connectivity index (χ1) is 17.7. The van der Waals surface area contributed by atoms with Crippen LogP contribution in [0.4, 0.5) is 0 Å². The Labute approximate surface area is 207 Å². The summed E-state index contributed by atoms with van der Waals surface area (Å²) < 4.78 is 18.3. The zero-order valence-electron chi connectivity index (χ0n) is 19.8. The van der Waals surface area contributed by atoms with Gasteiger partial charge in [-0.1, -0.05) is 40.7 Å². The third kappa shape index (κ3) is 4.29. The number of benzene rings is 2. The number of rotatable bonds is 5. The van der Waals surface area contributed by atoms with Gasteiger partial charge in [-0.05, 0) is 19.1 Å². The molecular formula is C25H25N7O4. The summed E-state index contributed by atoms with van der Waals surface area (Å²) in [5, 5.41) is 12.4. The van der Waals surface area contributed by atoms with Crippen LogP contribution in [0.15, 0.2) is 59.3 Å². The molecule has 36 heavy (non-hydrogen) atoms. The molecule has 0 aliphatic carbocycles. The van der Waals surface area contributed by atoms with Crippen molar-refractivity contribution in [2.45, 2.75) is 13.0 Å². The van der Waals surface area contributed by atoms with Crippen molar-refractivity contribution in [3.8, 4) is 28.6 Å². The number of hydrogen-bond acceptors (Lipinski definition) is 9. The minimum atomic E-state index is -0.143. The Morgan fingerprint density at radius 2 is 1.75 bits per heavy atom. The Kier molecular flexibility index (Phi) is 5.82. The van der Waals surface area contributed by atoms with Crippen LogP contribution in [0, 0.1) is 0 Å². The van der Waals surface area contributed by atoms with Gasteiger partial charge in [0.2, 0.25) is 11.7 Å². The fourth-order valence-electron chi connectivity index (χ4n) is 4.40. The molecule has 2 aromatic heterocycles. The Morgan fingerprint density at radius 3 is 2.56 bits per heavy atom. The second kappa shape index (κ2) is 9.42. The fourth-order valence-corrected chi connectivity index (χ4v) is 4.40. The second-order valence-electron chi connectivity index (χ2n) is 8.70. The van der Waals surface area contributed by atoms with Crippen molar-refractivity contribution in [1.29, 1.82) is 0 Å². The molecule has 0 radical (unpaired) electrons. The van der Waals surface area contributed by atoms with Crippen LogP contribution in [-0.4, -0.2) is 80.2 Å². The number of ether oxygens (including phenoxy) is 2.